The Morgan fingerprint density at radius 3 is 2.75 bits per heavy atom. The fraction of sp³-hybridized carbons (Fsp3) is 0.533. The number of amides is 1. The molecular weight excluding hydrogens is 262 g/mol. The number of carbonyl (C=O) groups is 1. The molecule has 3 rings (SSSR count). The zero-order valence-corrected chi connectivity index (χ0v) is 11.2. The molecule has 5 heteroatoms. The number of fused-ring (bicyclic) bond motifs is 1. The van der Waals surface area contributed by atoms with Gasteiger partial charge in [-0.1, -0.05) is 12.8 Å². The number of hydrogen-bond donors (Lipinski definition) is 1. The van der Waals surface area contributed by atoms with E-state index in [1.165, 1.54) is 6.42 Å². The molecule has 108 valence electrons. The van der Waals surface area contributed by atoms with Crippen LogP contribution in [0.1, 0.15) is 42.5 Å². The lowest BCUT2D eigenvalue weighted by molar-refractivity contribution is 0.0680. The highest BCUT2D eigenvalue weighted by Crippen LogP contribution is 2.37. The first-order valence-corrected chi connectivity index (χ1v) is 7.14. The van der Waals surface area contributed by atoms with Crippen molar-refractivity contribution < 1.29 is 13.6 Å². The molecular formula is C15H18F2N2O. The Labute approximate surface area is 116 Å². The quantitative estimate of drug-likeness (QED) is 0.804. The first-order valence-electron chi connectivity index (χ1n) is 7.14. The zero-order chi connectivity index (χ0) is 14.3. The SMILES string of the molecule is Nc1ccc(F)c(C(=O)N2CCC3CCCCC32)c1F. The van der Waals surface area contributed by atoms with E-state index in [1.807, 2.05) is 0 Å². The van der Waals surface area contributed by atoms with Crippen molar-refractivity contribution in [3.8, 4) is 0 Å². The normalized spacial score (nSPS) is 25.6. The molecule has 1 aromatic carbocycles. The molecule has 3 nitrogen and oxygen atoms in total. The summed E-state index contributed by atoms with van der Waals surface area (Å²) in [5, 5.41) is 0. The minimum absolute atomic E-state index is 0.136. The maximum atomic E-state index is 14.0. The van der Waals surface area contributed by atoms with Gasteiger partial charge in [0.05, 0.1) is 5.69 Å². The summed E-state index contributed by atoms with van der Waals surface area (Å²) in [6, 6.07) is 2.34. The highest BCUT2D eigenvalue weighted by molar-refractivity contribution is 5.96. The molecule has 2 atom stereocenters. The van der Waals surface area contributed by atoms with Gasteiger partial charge in [0.1, 0.15) is 11.4 Å². The minimum atomic E-state index is -0.936. The van der Waals surface area contributed by atoms with Crippen LogP contribution in [0.25, 0.3) is 0 Å². The Morgan fingerprint density at radius 1 is 1.20 bits per heavy atom. The predicted molar refractivity (Wildman–Crippen MR) is 72.2 cm³/mol. The number of likely N-dealkylation sites (tertiary alicyclic amines) is 1. The number of benzene rings is 1. The third kappa shape index (κ3) is 2.05. The van der Waals surface area contributed by atoms with E-state index >= 15 is 0 Å². The second kappa shape index (κ2) is 5.04. The average molecular weight is 280 g/mol. The van der Waals surface area contributed by atoms with E-state index in [2.05, 4.69) is 0 Å². The molecule has 2 N–H and O–H groups in total. The Kier molecular flexibility index (Phi) is 3.36. The third-order valence-corrected chi connectivity index (χ3v) is 4.61. The number of rotatable bonds is 1. The Hall–Kier alpha value is -1.65. The van der Waals surface area contributed by atoms with Crippen LogP contribution in [0.2, 0.25) is 0 Å². The van der Waals surface area contributed by atoms with Gasteiger partial charge in [-0.05, 0) is 37.3 Å². The molecule has 1 aliphatic carbocycles. The van der Waals surface area contributed by atoms with Crippen LogP contribution in [0.3, 0.4) is 0 Å². The van der Waals surface area contributed by atoms with Crippen molar-refractivity contribution in [2.24, 2.45) is 5.92 Å². The summed E-state index contributed by atoms with van der Waals surface area (Å²) >= 11 is 0. The fourth-order valence-corrected chi connectivity index (χ4v) is 3.57. The van der Waals surface area contributed by atoms with Crippen molar-refractivity contribution >= 4 is 11.6 Å². The Bertz CT molecular complexity index is 547. The smallest absolute Gasteiger partial charge is 0.260 e. The maximum absolute atomic E-state index is 14.0. The van der Waals surface area contributed by atoms with Crippen LogP contribution in [0.4, 0.5) is 14.5 Å². The molecule has 1 amide bonds. The molecule has 0 radical (unpaired) electrons. The molecule has 1 aliphatic heterocycles. The van der Waals surface area contributed by atoms with Crippen molar-refractivity contribution in [2.45, 2.75) is 38.1 Å². The number of hydrogen-bond acceptors (Lipinski definition) is 2. The van der Waals surface area contributed by atoms with Crippen LogP contribution in [0, 0.1) is 17.6 Å². The van der Waals surface area contributed by atoms with Crippen LogP contribution >= 0.6 is 0 Å². The van der Waals surface area contributed by atoms with Crippen LogP contribution in [0.15, 0.2) is 12.1 Å². The largest absolute Gasteiger partial charge is 0.396 e. The van der Waals surface area contributed by atoms with Gasteiger partial charge in [-0.25, -0.2) is 8.78 Å². The first kappa shape index (κ1) is 13.3. The van der Waals surface area contributed by atoms with Crippen molar-refractivity contribution in [2.75, 3.05) is 12.3 Å². The average Bonchev–Trinajstić information content (AvgIpc) is 2.87. The molecule has 1 saturated heterocycles. The summed E-state index contributed by atoms with van der Waals surface area (Å²) in [7, 11) is 0. The highest BCUT2D eigenvalue weighted by Gasteiger charge is 2.39. The van der Waals surface area contributed by atoms with Crippen molar-refractivity contribution in [3.63, 3.8) is 0 Å². The van der Waals surface area contributed by atoms with E-state index in [0.717, 1.165) is 37.8 Å². The summed E-state index contributed by atoms with van der Waals surface area (Å²) in [6.07, 6.45) is 5.23. The standard InChI is InChI=1S/C15H18F2N2O/c16-10-5-6-11(18)14(17)13(10)15(20)19-8-7-9-3-1-2-4-12(9)19/h5-6,9,12H,1-4,7-8,18H2. The van der Waals surface area contributed by atoms with Gasteiger partial charge in [-0.15, -0.1) is 0 Å². The van der Waals surface area contributed by atoms with Crippen molar-refractivity contribution in [1.82, 2.24) is 4.90 Å². The number of nitrogens with two attached hydrogens (primary N) is 1. The zero-order valence-electron chi connectivity index (χ0n) is 11.2. The number of nitrogen functional groups attached to an aromatic ring is 1. The predicted octanol–water partition coefficient (Wildman–Crippen LogP) is 2.95. The van der Waals surface area contributed by atoms with Gasteiger partial charge in [0.25, 0.3) is 5.91 Å². The van der Waals surface area contributed by atoms with Gasteiger partial charge in [0.15, 0.2) is 5.82 Å². The van der Waals surface area contributed by atoms with Crippen LogP contribution < -0.4 is 5.73 Å². The lowest BCUT2D eigenvalue weighted by Gasteiger charge is -2.31. The van der Waals surface area contributed by atoms with Crippen LogP contribution in [-0.2, 0) is 0 Å². The maximum Gasteiger partial charge on any atom is 0.260 e. The van der Waals surface area contributed by atoms with Crippen LogP contribution in [0.5, 0.6) is 0 Å². The number of carbonyl (C=O) groups excluding carboxylic acids is 1. The number of anilines is 1. The second-order valence-corrected chi connectivity index (χ2v) is 5.72. The Morgan fingerprint density at radius 2 is 1.95 bits per heavy atom. The summed E-state index contributed by atoms with van der Waals surface area (Å²) < 4.78 is 27.8. The molecule has 2 unspecified atom stereocenters. The lowest BCUT2D eigenvalue weighted by Crippen LogP contribution is -2.40. The van der Waals surface area contributed by atoms with E-state index in [9.17, 15) is 13.6 Å². The minimum Gasteiger partial charge on any atom is -0.396 e. The van der Waals surface area contributed by atoms with Gasteiger partial charge in [-0.3, -0.25) is 4.79 Å². The summed E-state index contributed by atoms with van der Waals surface area (Å²) in [5.41, 5.74) is 4.76. The van der Waals surface area contributed by atoms with Gasteiger partial charge in [0.2, 0.25) is 0 Å². The molecule has 1 saturated carbocycles. The van der Waals surface area contributed by atoms with E-state index in [-0.39, 0.29) is 11.7 Å². The number of nitrogens with zero attached hydrogens (tertiary/aromatic N) is 1. The van der Waals surface area contributed by atoms with Crippen molar-refractivity contribution in [3.05, 3.63) is 29.3 Å². The third-order valence-electron chi connectivity index (χ3n) is 4.61. The van der Waals surface area contributed by atoms with Gasteiger partial charge >= 0.3 is 0 Å². The molecule has 0 aromatic heterocycles. The van der Waals surface area contributed by atoms with Gasteiger partial charge in [-0.2, -0.15) is 0 Å². The Balaban J connectivity index is 1.92. The number of halogens is 2. The summed E-state index contributed by atoms with van der Waals surface area (Å²) in [4.78, 5) is 14.1. The molecule has 20 heavy (non-hydrogen) atoms. The fourth-order valence-electron chi connectivity index (χ4n) is 3.57. The molecule has 1 aromatic rings. The van der Waals surface area contributed by atoms with E-state index in [1.54, 1.807) is 4.90 Å². The summed E-state index contributed by atoms with van der Waals surface area (Å²) in [6.45, 7) is 0.585. The highest BCUT2D eigenvalue weighted by atomic mass is 19.1. The van der Waals surface area contributed by atoms with E-state index in [0.29, 0.717) is 12.5 Å². The topological polar surface area (TPSA) is 46.3 Å². The lowest BCUT2D eigenvalue weighted by atomic mass is 9.85. The molecule has 2 fully saturated rings. The summed E-state index contributed by atoms with van der Waals surface area (Å²) in [5.74, 6) is -1.84. The molecule has 0 bridgehead atoms. The first-order chi connectivity index (χ1) is 9.59. The van der Waals surface area contributed by atoms with Gasteiger partial charge in [0, 0.05) is 12.6 Å². The van der Waals surface area contributed by atoms with Crippen LogP contribution in [-0.4, -0.2) is 23.4 Å². The molecule has 0 spiro atoms. The molecule has 1 heterocycles. The van der Waals surface area contributed by atoms with E-state index in [4.69, 9.17) is 5.73 Å². The monoisotopic (exact) mass is 280 g/mol. The molecule has 2 aliphatic rings. The van der Waals surface area contributed by atoms with E-state index < -0.39 is 23.1 Å². The second-order valence-electron chi connectivity index (χ2n) is 5.72. The van der Waals surface area contributed by atoms with Gasteiger partial charge < -0.3 is 10.6 Å². The van der Waals surface area contributed by atoms with Crippen molar-refractivity contribution in [1.29, 1.82) is 0 Å².